The van der Waals surface area contributed by atoms with Crippen LogP contribution in [0.2, 0.25) is 0 Å². The molecule has 0 radical (unpaired) electrons. The molecule has 0 aliphatic carbocycles. The van der Waals surface area contributed by atoms with Gasteiger partial charge in [0.15, 0.2) is 0 Å². The molecule has 0 saturated heterocycles. The predicted molar refractivity (Wildman–Crippen MR) is 83.0 cm³/mol. The van der Waals surface area contributed by atoms with Gasteiger partial charge in [-0.05, 0) is 35.6 Å². The van der Waals surface area contributed by atoms with Gasteiger partial charge in [-0.2, -0.15) is 4.98 Å². The number of rotatable bonds is 4. The maximum atomic E-state index is 5.78. The van der Waals surface area contributed by atoms with Gasteiger partial charge in [-0.3, -0.25) is 4.98 Å². The van der Waals surface area contributed by atoms with E-state index in [1.165, 1.54) is 5.56 Å². The van der Waals surface area contributed by atoms with Crippen molar-refractivity contribution < 1.29 is 0 Å². The second kappa shape index (κ2) is 5.42. The molecule has 3 rings (SSSR count). The second-order valence-corrected chi connectivity index (χ2v) is 5.47. The Morgan fingerprint density at radius 2 is 2.00 bits per heavy atom. The van der Waals surface area contributed by atoms with Crippen LogP contribution < -0.4 is 10.6 Å². The summed E-state index contributed by atoms with van der Waals surface area (Å²) in [7, 11) is 2.03. The van der Waals surface area contributed by atoms with Gasteiger partial charge < -0.3 is 10.6 Å². The monoisotopic (exact) mass is 285 g/mol. The van der Waals surface area contributed by atoms with E-state index in [0.29, 0.717) is 5.95 Å². The molecule has 20 heavy (non-hydrogen) atoms. The van der Waals surface area contributed by atoms with E-state index in [0.717, 1.165) is 29.0 Å². The van der Waals surface area contributed by atoms with Gasteiger partial charge in [-0.15, -0.1) is 11.3 Å². The van der Waals surface area contributed by atoms with E-state index in [1.54, 1.807) is 11.3 Å². The van der Waals surface area contributed by atoms with Crippen molar-refractivity contribution in [2.45, 2.75) is 6.42 Å². The van der Waals surface area contributed by atoms with E-state index in [9.17, 15) is 0 Å². The first-order chi connectivity index (χ1) is 9.74. The quantitative estimate of drug-likeness (QED) is 0.797. The molecule has 0 unspecified atom stereocenters. The summed E-state index contributed by atoms with van der Waals surface area (Å²) >= 11 is 1.58. The van der Waals surface area contributed by atoms with Crippen LogP contribution in [0.3, 0.4) is 0 Å². The third kappa shape index (κ3) is 2.55. The van der Waals surface area contributed by atoms with Crippen LogP contribution >= 0.6 is 11.3 Å². The number of likely N-dealkylation sites (N-methyl/N-ethyl adjacent to an activating group) is 1. The molecule has 0 spiro atoms. The first kappa shape index (κ1) is 12.8. The Kier molecular flexibility index (Phi) is 3.47. The van der Waals surface area contributed by atoms with Gasteiger partial charge in [-0.1, -0.05) is 0 Å². The molecular weight excluding hydrogens is 270 g/mol. The summed E-state index contributed by atoms with van der Waals surface area (Å²) in [6.45, 7) is 0.866. The highest BCUT2D eigenvalue weighted by atomic mass is 32.1. The Balaban J connectivity index is 1.82. The number of anilines is 2. The minimum Gasteiger partial charge on any atom is -0.368 e. The summed E-state index contributed by atoms with van der Waals surface area (Å²) in [5, 5.41) is 3.07. The standard InChI is InChI=1S/C14H15N5S/c1-19(8-4-10-2-6-16-7-3-10)12-11-5-9-20-13(11)18-14(15)17-12/h2-3,5-7,9H,4,8H2,1H3,(H2,15,17,18). The van der Waals surface area contributed by atoms with E-state index in [2.05, 4.69) is 19.9 Å². The topological polar surface area (TPSA) is 67.9 Å². The lowest BCUT2D eigenvalue weighted by molar-refractivity contribution is 0.862. The average Bonchev–Trinajstić information content (AvgIpc) is 2.93. The van der Waals surface area contributed by atoms with Crippen molar-refractivity contribution in [3.8, 4) is 0 Å². The fraction of sp³-hybridized carbons (Fsp3) is 0.214. The Morgan fingerprint density at radius 1 is 1.20 bits per heavy atom. The van der Waals surface area contributed by atoms with Gasteiger partial charge in [0.1, 0.15) is 10.6 Å². The molecule has 102 valence electrons. The van der Waals surface area contributed by atoms with Crippen molar-refractivity contribution in [1.29, 1.82) is 0 Å². The number of fused-ring (bicyclic) bond motifs is 1. The summed E-state index contributed by atoms with van der Waals surface area (Å²) in [5.74, 6) is 1.22. The number of pyridine rings is 1. The molecule has 3 heterocycles. The number of hydrogen-bond acceptors (Lipinski definition) is 6. The zero-order chi connectivity index (χ0) is 13.9. The molecule has 0 amide bonds. The maximum absolute atomic E-state index is 5.78. The predicted octanol–water partition coefficient (Wildman–Crippen LogP) is 2.35. The second-order valence-electron chi connectivity index (χ2n) is 4.57. The van der Waals surface area contributed by atoms with Crippen LogP contribution in [0.15, 0.2) is 36.0 Å². The summed E-state index contributed by atoms with van der Waals surface area (Å²) in [6.07, 6.45) is 4.57. The first-order valence-electron chi connectivity index (χ1n) is 6.35. The smallest absolute Gasteiger partial charge is 0.223 e. The molecule has 0 aromatic carbocycles. The molecule has 3 aromatic heterocycles. The SMILES string of the molecule is CN(CCc1ccncc1)c1nc(N)nc2sccc12. The summed E-state index contributed by atoms with van der Waals surface area (Å²) < 4.78 is 0. The summed E-state index contributed by atoms with van der Waals surface area (Å²) in [6, 6.07) is 6.10. The fourth-order valence-corrected chi connectivity index (χ4v) is 2.86. The molecule has 0 aliphatic heterocycles. The molecule has 5 nitrogen and oxygen atoms in total. The molecular formula is C14H15N5S. The van der Waals surface area contributed by atoms with Gasteiger partial charge in [-0.25, -0.2) is 4.98 Å². The first-order valence-corrected chi connectivity index (χ1v) is 7.23. The lowest BCUT2D eigenvalue weighted by atomic mass is 10.2. The van der Waals surface area contributed by atoms with Crippen LogP contribution in [0.1, 0.15) is 5.56 Å². The Hall–Kier alpha value is -2.21. The third-order valence-electron chi connectivity index (χ3n) is 3.17. The van der Waals surface area contributed by atoms with Gasteiger partial charge in [0, 0.05) is 26.0 Å². The Labute approximate surface area is 121 Å². The van der Waals surface area contributed by atoms with Crippen molar-refractivity contribution in [1.82, 2.24) is 15.0 Å². The van der Waals surface area contributed by atoms with Gasteiger partial charge in [0.05, 0.1) is 5.39 Å². The molecule has 0 atom stereocenters. The molecule has 0 saturated carbocycles. The van der Waals surface area contributed by atoms with Gasteiger partial charge >= 0.3 is 0 Å². The number of aromatic nitrogens is 3. The van der Waals surface area contributed by atoms with E-state index < -0.39 is 0 Å². The van der Waals surface area contributed by atoms with Crippen LogP contribution in [-0.2, 0) is 6.42 Å². The lowest BCUT2D eigenvalue weighted by Crippen LogP contribution is -2.22. The number of hydrogen-bond donors (Lipinski definition) is 1. The van der Waals surface area contributed by atoms with Gasteiger partial charge in [0.2, 0.25) is 5.95 Å². The number of nitrogen functional groups attached to an aromatic ring is 1. The third-order valence-corrected chi connectivity index (χ3v) is 3.98. The number of thiophene rings is 1. The highest BCUT2D eigenvalue weighted by Crippen LogP contribution is 2.27. The van der Waals surface area contributed by atoms with Crippen LogP contribution in [0.25, 0.3) is 10.2 Å². The highest BCUT2D eigenvalue weighted by Gasteiger charge is 2.11. The molecule has 2 N–H and O–H groups in total. The number of nitrogens with two attached hydrogens (primary N) is 1. The minimum absolute atomic E-state index is 0.325. The van der Waals surface area contributed by atoms with E-state index in [1.807, 2.05) is 43.0 Å². The van der Waals surface area contributed by atoms with E-state index in [-0.39, 0.29) is 0 Å². The zero-order valence-electron chi connectivity index (χ0n) is 11.2. The van der Waals surface area contributed by atoms with Crippen molar-refractivity contribution in [2.24, 2.45) is 0 Å². The molecule has 0 aliphatic rings. The fourth-order valence-electron chi connectivity index (χ4n) is 2.10. The average molecular weight is 285 g/mol. The van der Waals surface area contributed by atoms with Crippen molar-refractivity contribution in [2.75, 3.05) is 24.2 Å². The maximum Gasteiger partial charge on any atom is 0.223 e. The van der Waals surface area contributed by atoms with E-state index in [4.69, 9.17) is 5.73 Å². The summed E-state index contributed by atoms with van der Waals surface area (Å²) in [5.41, 5.74) is 7.04. The lowest BCUT2D eigenvalue weighted by Gasteiger charge is -2.19. The van der Waals surface area contributed by atoms with Crippen molar-refractivity contribution >= 4 is 33.3 Å². The Morgan fingerprint density at radius 3 is 2.80 bits per heavy atom. The summed E-state index contributed by atoms with van der Waals surface area (Å²) in [4.78, 5) is 15.7. The minimum atomic E-state index is 0.325. The molecule has 6 heteroatoms. The molecule has 0 bridgehead atoms. The zero-order valence-corrected chi connectivity index (χ0v) is 12.0. The molecule has 0 fully saturated rings. The van der Waals surface area contributed by atoms with E-state index >= 15 is 0 Å². The Bertz CT molecular complexity index is 710. The largest absolute Gasteiger partial charge is 0.368 e. The molecule has 3 aromatic rings. The number of nitrogens with zero attached hydrogens (tertiary/aromatic N) is 4. The van der Waals surface area contributed by atoms with Crippen molar-refractivity contribution in [3.05, 3.63) is 41.5 Å². The van der Waals surface area contributed by atoms with Crippen LogP contribution in [0.5, 0.6) is 0 Å². The van der Waals surface area contributed by atoms with Crippen molar-refractivity contribution in [3.63, 3.8) is 0 Å². The normalized spacial score (nSPS) is 10.8. The van der Waals surface area contributed by atoms with Gasteiger partial charge in [0.25, 0.3) is 0 Å². The van der Waals surface area contributed by atoms with Crippen LogP contribution in [-0.4, -0.2) is 28.5 Å². The highest BCUT2D eigenvalue weighted by molar-refractivity contribution is 7.16. The van der Waals surface area contributed by atoms with Crippen LogP contribution in [0, 0.1) is 0 Å². The van der Waals surface area contributed by atoms with Crippen LogP contribution in [0.4, 0.5) is 11.8 Å².